The van der Waals surface area contributed by atoms with Crippen molar-refractivity contribution in [3.8, 4) is 5.75 Å². The first-order valence-electron chi connectivity index (χ1n) is 4.70. The van der Waals surface area contributed by atoms with Gasteiger partial charge in [-0.25, -0.2) is 0 Å². The van der Waals surface area contributed by atoms with E-state index in [9.17, 15) is 0 Å². The second-order valence-corrected chi connectivity index (χ2v) is 3.58. The third-order valence-electron chi connectivity index (χ3n) is 2.08. The van der Waals surface area contributed by atoms with Crippen molar-refractivity contribution in [2.24, 2.45) is 0 Å². The Balaban J connectivity index is 2.83. The maximum absolute atomic E-state index is 5.17. The van der Waals surface area contributed by atoms with Crippen LogP contribution in [0.1, 0.15) is 17.5 Å². The van der Waals surface area contributed by atoms with E-state index in [0.717, 1.165) is 17.9 Å². The topological polar surface area (TPSA) is 9.23 Å². The van der Waals surface area contributed by atoms with E-state index in [1.54, 1.807) is 7.11 Å². The van der Waals surface area contributed by atoms with Crippen molar-refractivity contribution in [2.45, 2.75) is 13.3 Å². The van der Waals surface area contributed by atoms with Gasteiger partial charge in [-0.15, -0.1) is 0 Å². The monoisotopic (exact) mass is 208 g/mol. The molecule has 0 amide bonds. The molecule has 0 bridgehead atoms. The molecule has 0 radical (unpaired) electrons. The number of hydrogen-bond donors (Lipinski definition) is 1. The van der Waals surface area contributed by atoms with Crippen LogP contribution in [0.2, 0.25) is 0 Å². The van der Waals surface area contributed by atoms with Crippen LogP contribution in [0, 0.1) is 6.92 Å². The molecule has 0 aliphatic heterocycles. The Morgan fingerprint density at radius 2 is 2.21 bits per heavy atom. The Kier molecular flexibility index (Phi) is 4.60. The van der Waals surface area contributed by atoms with Gasteiger partial charge in [-0.05, 0) is 42.4 Å². The van der Waals surface area contributed by atoms with Crippen LogP contribution in [-0.2, 0) is 0 Å². The van der Waals surface area contributed by atoms with Crippen LogP contribution in [0.25, 0.3) is 6.08 Å². The van der Waals surface area contributed by atoms with Crippen LogP contribution in [-0.4, -0.2) is 12.9 Å². The number of rotatable bonds is 4. The zero-order chi connectivity index (χ0) is 10.4. The summed E-state index contributed by atoms with van der Waals surface area (Å²) in [4.78, 5) is 0. The largest absolute Gasteiger partial charge is 0.497 e. The molecule has 0 unspecified atom stereocenters. The van der Waals surface area contributed by atoms with Crippen LogP contribution in [0.3, 0.4) is 0 Å². The first-order valence-corrected chi connectivity index (χ1v) is 5.33. The Labute approximate surface area is 91.2 Å². The predicted octanol–water partition coefficient (Wildman–Crippen LogP) is 3.34. The number of methoxy groups -OCH3 is 1. The molecule has 0 aromatic heterocycles. The van der Waals surface area contributed by atoms with Crippen LogP contribution in [0.4, 0.5) is 0 Å². The van der Waals surface area contributed by atoms with E-state index in [1.165, 1.54) is 11.1 Å². The Hall–Kier alpha value is -0.890. The van der Waals surface area contributed by atoms with Gasteiger partial charge in [0, 0.05) is 0 Å². The second-order valence-electron chi connectivity index (χ2n) is 3.14. The average Bonchev–Trinajstić information content (AvgIpc) is 2.21. The van der Waals surface area contributed by atoms with E-state index in [1.807, 2.05) is 12.1 Å². The lowest BCUT2D eigenvalue weighted by molar-refractivity contribution is 0.414. The molecule has 1 rings (SSSR count). The summed E-state index contributed by atoms with van der Waals surface area (Å²) in [5, 5.41) is 0. The molecule has 0 aliphatic carbocycles. The minimum Gasteiger partial charge on any atom is -0.497 e. The highest BCUT2D eigenvalue weighted by atomic mass is 32.1. The SMILES string of the molecule is COc1ccc(C)c(C=CCCS)c1. The van der Waals surface area contributed by atoms with Gasteiger partial charge >= 0.3 is 0 Å². The zero-order valence-electron chi connectivity index (χ0n) is 8.66. The van der Waals surface area contributed by atoms with Gasteiger partial charge in [0.15, 0.2) is 0 Å². The van der Waals surface area contributed by atoms with Gasteiger partial charge in [0.25, 0.3) is 0 Å². The van der Waals surface area contributed by atoms with E-state index in [4.69, 9.17) is 4.74 Å². The Bertz CT molecular complexity index is 318. The molecule has 0 saturated heterocycles. The summed E-state index contributed by atoms with van der Waals surface area (Å²) in [6, 6.07) is 6.09. The van der Waals surface area contributed by atoms with Crippen molar-refractivity contribution < 1.29 is 4.74 Å². The first-order chi connectivity index (χ1) is 6.77. The van der Waals surface area contributed by atoms with Crippen molar-refractivity contribution >= 4 is 18.7 Å². The zero-order valence-corrected chi connectivity index (χ0v) is 9.55. The molecule has 76 valence electrons. The highest BCUT2D eigenvalue weighted by Gasteiger charge is 1.96. The number of benzene rings is 1. The van der Waals surface area contributed by atoms with Crippen molar-refractivity contribution in [3.05, 3.63) is 35.4 Å². The molecule has 0 spiro atoms. The second kappa shape index (κ2) is 5.76. The van der Waals surface area contributed by atoms with Crippen molar-refractivity contribution in [1.29, 1.82) is 0 Å². The quantitative estimate of drug-likeness (QED) is 0.747. The van der Waals surface area contributed by atoms with Gasteiger partial charge in [-0.2, -0.15) is 12.6 Å². The van der Waals surface area contributed by atoms with E-state index < -0.39 is 0 Å². The van der Waals surface area contributed by atoms with E-state index in [-0.39, 0.29) is 0 Å². The fourth-order valence-corrected chi connectivity index (χ4v) is 1.36. The predicted molar refractivity (Wildman–Crippen MR) is 65.2 cm³/mol. The lowest BCUT2D eigenvalue weighted by atomic mass is 10.1. The van der Waals surface area contributed by atoms with Gasteiger partial charge in [-0.3, -0.25) is 0 Å². The summed E-state index contributed by atoms with van der Waals surface area (Å²) in [5.74, 6) is 1.79. The molecule has 0 N–H and O–H groups in total. The molecular formula is C12H16OS. The Morgan fingerprint density at radius 3 is 2.86 bits per heavy atom. The fraction of sp³-hybridized carbons (Fsp3) is 0.333. The third kappa shape index (κ3) is 3.11. The summed E-state index contributed by atoms with van der Waals surface area (Å²) >= 11 is 4.16. The number of aryl methyl sites for hydroxylation is 1. The molecule has 1 aromatic carbocycles. The number of ether oxygens (including phenoxy) is 1. The normalized spacial score (nSPS) is 10.8. The maximum atomic E-state index is 5.17. The summed E-state index contributed by atoms with van der Waals surface area (Å²) in [6.45, 7) is 2.10. The van der Waals surface area contributed by atoms with Gasteiger partial charge in [0.2, 0.25) is 0 Å². The highest BCUT2D eigenvalue weighted by Crippen LogP contribution is 2.18. The summed E-state index contributed by atoms with van der Waals surface area (Å²) in [7, 11) is 1.69. The summed E-state index contributed by atoms with van der Waals surface area (Å²) in [5.41, 5.74) is 2.48. The van der Waals surface area contributed by atoms with Crippen molar-refractivity contribution in [1.82, 2.24) is 0 Å². The number of thiol groups is 1. The van der Waals surface area contributed by atoms with Crippen LogP contribution in [0.5, 0.6) is 5.75 Å². The third-order valence-corrected chi connectivity index (χ3v) is 2.34. The van der Waals surface area contributed by atoms with Crippen LogP contribution < -0.4 is 4.74 Å². The first kappa shape index (κ1) is 11.2. The number of allylic oxidation sites excluding steroid dienone is 1. The molecule has 0 atom stereocenters. The average molecular weight is 208 g/mol. The van der Waals surface area contributed by atoms with Crippen molar-refractivity contribution in [3.63, 3.8) is 0 Å². The molecule has 0 heterocycles. The maximum Gasteiger partial charge on any atom is 0.119 e. The molecule has 0 fully saturated rings. The molecular weight excluding hydrogens is 192 g/mol. The minimum atomic E-state index is 0.888. The smallest absolute Gasteiger partial charge is 0.119 e. The van der Waals surface area contributed by atoms with E-state index in [0.29, 0.717) is 0 Å². The van der Waals surface area contributed by atoms with Gasteiger partial charge < -0.3 is 4.74 Å². The standard InChI is InChI=1S/C12H16OS/c1-10-6-7-12(13-2)9-11(10)5-3-4-8-14/h3,5-7,9,14H,4,8H2,1-2H3. The van der Waals surface area contributed by atoms with E-state index >= 15 is 0 Å². The fourth-order valence-electron chi connectivity index (χ4n) is 1.21. The summed E-state index contributed by atoms with van der Waals surface area (Å²) < 4.78 is 5.17. The molecule has 1 nitrogen and oxygen atoms in total. The van der Waals surface area contributed by atoms with Gasteiger partial charge in [0.05, 0.1) is 7.11 Å². The van der Waals surface area contributed by atoms with Gasteiger partial charge in [-0.1, -0.05) is 18.2 Å². The van der Waals surface area contributed by atoms with Crippen LogP contribution >= 0.6 is 12.6 Å². The summed E-state index contributed by atoms with van der Waals surface area (Å²) in [6.07, 6.45) is 5.25. The lowest BCUT2D eigenvalue weighted by Crippen LogP contribution is -1.86. The minimum absolute atomic E-state index is 0.888. The molecule has 14 heavy (non-hydrogen) atoms. The number of hydrogen-bond acceptors (Lipinski definition) is 2. The van der Waals surface area contributed by atoms with E-state index in [2.05, 4.69) is 37.8 Å². The van der Waals surface area contributed by atoms with Crippen molar-refractivity contribution in [2.75, 3.05) is 12.9 Å². The highest BCUT2D eigenvalue weighted by molar-refractivity contribution is 7.80. The Morgan fingerprint density at radius 1 is 1.43 bits per heavy atom. The lowest BCUT2D eigenvalue weighted by Gasteiger charge is -2.04. The molecule has 2 heteroatoms. The van der Waals surface area contributed by atoms with Crippen LogP contribution in [0.15, 0.2) is 24.3 Å². The van der Waals surface area contributed by atoms with Gasteiger partial charge in [0.1, 0.15) is 5.75 Å². The molecule has 0 aliphatic rings. The molecule has 0 saturated carbocycles. The molecule has 1 aromatic rings.